The zero-order valence-electron chi connectivity index (χ0n) is 17.3. The van der Waals surface area contributed by atoms with E-state index in [0.717, 1.165) is 35.6 Å². The van der Waals surface area contributed by atoms with Gasteiger partial charge in [-0.2, -0.15) is 5.10 Å². The zero-order chi connectivity index (χ0) is 22.1. The van der Waals surface area contributed by atoms with Crippen LogP contribution in [0.15, 0.2) is 85.6 Å². The Balaban J connectivity index is 1.84. The van der Waals surface area contributed by atoms with Gasteiger partial charge in [0.15, 0.2) is 0 Å². The number of benzene rings is 3. The summed E-state index contributed by atoms with van der Waals surface area (Å²) in [7, 11) is 0. The number of hydrogen-bond donors (Lipinski definition) is 1. The number of nitrogens with one attached hydrogen (secondary N) is 1. The first-order valence-electron chi connectivity index (χ1n) is 10.5. The molecular weight excluding hydrogens is 403 g/mol. The Bertz CT molecular complexity index is 1350. The number of aromatic nitrogens is 2. The molecule has 0 atom stereocenters. The fourth-order valence-electron chi connectivity index (χ4n) is 4.10. The summed E-state index contributed by atoms with van der Waals surface area (Å²) in [5.41, 5.74) is 4.55. The van der Waals surface area contributed by atoms with Crippen LogP contribution in [0.2, 0.25) is 0 Å². The van der Waals surface area contributed by atoms with E-state index in [1.807, 2.05) is 48.5 Å². The molecule has 0 aliphatic heterocycles. The Morgan fingerprint density at radius 1 is 1.03 bits per heavy atom. The predicted molar refractivity (Wildman–Crippen MR) is 123 cm³/mol. The molecule has 5 rings (SSSR count). The maximum atomic E-state index is 15.8. The van der Waals surface area contributed by atoms with Crippen molar-refractivity contribution in [3.8, 4) is 5.75 Å². The number of nitrogens with zero attached hydrogens (tertiary/aromatic N) is 1. The molecule has 32 heavy (non-hydrogen) atoms. The highest BCUT2D eigenvalue weighted by Gasteiger charge is 2.32. The lowest BCUT2D eigenvalue weighted by Crippen LogP contribution is -2.07. The molecule has 1 aliphatic rings. The van der Waals surface area contributed by atoms with Crippen molar-refractivity contribution in [2.45, 2.75) is 12.8 Å². The van der Waals surface area contributed by atoms with E-state index in [4.69, 9.17) is 4.74 Å². The molecule has 1 saturated carbocycles. The summed E-state index contributed by atoms with van der Waals surface area (Å²) in [5.74, 6) is -0.247. The number of hydrogen-bond acceptors (Lipinski definition) is 3. The molecule has 3 aromatic carbocycles. The Hall–Kier alpha value is -3.99. The topological polar surface area (TPSA) is 55.0 Å². The number of H-pyrrole nitrogens is 1. The van der Waals surface area contributed by atoms with Crippen molar-refractivity contribution in [2.24, 2.45) is 5.92 Å². The molecule has 158 valence electrons. The first-order chi connectivity index (χ1) is 15.7. The predicted octanol–water partition coefficient (Wildman–Crippen LogP) is 6.16. The van der Waals surface area contributed by atoms with E-state index < -0.39 is 5.97 Å². The zero-order valence-corrected chi connectivity index (χ0v) is 17.3. The minimum Gasteiger partial charge on any atom is -0.423 e. The molecule has 0 amide bonds. The van der Waals surface area contributed by atoms with Crippen LogP contribution in [0.3, 0.4) is 0 Å². The van der Waals surface area contributed by atoms with Gasteiger partial charge in [-0.3, -0.25) is 5.10 Å². The lowest BCUT2D eigenvalue weighted by atomic mass is 9.86. The van der Waals surface area contributed by atoms with Gasteiger partial charge in [0.2, 0.25) is 0 Å². The van der Waals surface area contributed by atoms with E-state index in [9.17, 15) is 4.79 Å². The molecule has 1 heterocycles. The number of ether oxygens (including phenoxy) is 1. The summed E-state index contributed by atoms with van der Waals surface area (Å²) in [4.78, 5) is 12.0. The van der Waals surface area contributed by atoms with Crippen molar-refractivity contribution in [1.29, 1.82) is 0 Å². The Labute approximate surface area is 185 Å². The van der Waals surface area contributed by atoms with Gasteiger partial charge in [-0.1, -0.05) is 55.1 Å². The van der Waals surface area contributed by atoms with E-state index in [1.54, 1.807) is 18.2 Å². The molecule has 0 unspecified atom stereocenters. The van der Waals surface area contributed by atoms with Crippen molar-refractivity contribution >= 4 is 28.0 Å². The first-order valence-corrected chi connectivity index (χ1v) is 10.5. The third kappa shape index (κ3) is 3.62. The molecular formula is C27H21FN2O2. The van der Waals surface area contributed by atoms with Crippen LogP contribution in [0.4, 0.5) is 4.39 Å². The Morgan fingerprint density at radius 2 is 1.78 bits per heavy atom. The van der Waals surface area contributed by atoms with Crippen LogP contribution in [-0.2, 0) is 4.79 Å². The van der Waals surface area contributed by atoms with Crippen LogP contribution in [-0.4, -0.2) is 16.2 Å². The standard InChI is InChI=1S/C27H21FN2O2/c1-2-24(31)32-23-11-7-6-10-19(23)26(20-14-15-22-21(27(20)28)16-29-30-22)25(18-12-13-18)17-8-4-3-5-9-17/h2-11,14-16,18H,1,12-13H2,(H,29,30)/b26-25-. The molecule has 0 spiro atoms. The van der Waals surface area contributed by atoms with Crippen LogP contribution >= 0.6 is 0 Å². The molecule has 4 nitrogen and oxygen atoms in total. The number of fused-ring (bicyclic) bond motifs is 1. The maximum absolute atomic E-state index is 15.8. The monoisotopic (exact) mass is 424 g/mol. The molecule has 5 heteroatoms. The second-order valence-corrected chi connectivity index (χ2v) is 7.81. The second kappa shape index (κ2) is 8.27. The highest BCUT2D eigenvalue weighted by molar-refractivity contribution is 6.03. The Kier molecular flexibility index (Phi) is 5.15. The van der Waals surface area contributed by atoms with E-state index in [1.165, 1.54) is 6.20 Å². The summed E-state index contributed by atoms with van der Waals surface area (Å²) >= 11 is 0. The van der Waals surface area contributed by atoms with Gasteiger partial charge in [0.1, 0.15) is 11.6 Å². The first kappa shape index (κ1) is 19.9. The average Bonchev–Trinajstić information content (AvgIpc) is 3.54. The average molecular weight is 424 g/mol. The van der Waals surface area contributed by atoms with Gasteiger partial charge >= 0.3 is 5.97 Å². The van der Waals surface area contributed by atoms with E-state index in [0.29, 0.717) is 33.7 Å². The smallest absolute Gasteiger partial charge is 0.335 e. The molecule has 1 N–H and O–H groups in total. The van der Waals surface area contributed by atoms with Crippen molar-refractivity contribution in [3.05, 3.63) is 108 Å². The van der Waals surface area contributed by atoms with Crippen molar-refractivity contribution in [1.82, 2.24) is 10.2 Å². The van der Waals surface area contributed by atoms with E-state index in [2.05, 4.69) is 16.8 Å². The maximum Gasteiger partial charge on any atom is 0.335 e. The third-order valence-corrected chi connectivity index (χ3v) is 5.70. The molecule has 0 saturated heterocycles. The largest absolute Gasteiger partial charge is 0.423 e. The van der Waals surface area contributed by atoms with Crippen LogP contribution in [0.5, 0.6) is 5.75 Å². The summed E-state index contributed by atoms with van der Waals surface area (Å²) in [5, 5.41) is 7.23. The quantitative estimate of drug-likeness (QED) is 0.174. The normalized spacial score (nSPS) is 14.2. The third-order valence-electron chi connectivity index (χ3n) is 5.70. The highest BCUT2D eigenvalue weighted by Crippen LogP contribution is 2.49. The van der Waals surface area contributed by atoms with Gasteiger partial charge in [0, 0.05) is 17.2 Å². The lowest BCUT2D eigenvalue weighted by molar-refractivity contribution is -0.128. The molecule has 1 aromatic heterocycles. The van der Waals surface area contributed by atoms with Gasteiger partial charge in [0.05, 0.1) is 17.1 Å². The van der Waals surface area contributed by atoms with Gasteiger partial charge in [-0.05, 0) is 53.7 Å². The number of aromatic amines is 1. The number of esters is 1. The number of allylic oxidation sites excluding steroid dienone is 1. The second-order valence-electron chi connectivity index (χ2n) is 7.81. The fourth-order valence-corrected chi connectivity index (χ4v) is 4.10. The van der Waals surface area contributed by atoms with Crippen molar-refractivity contribution in [2.75, 3.05) is 0 Å². The SMILES string of the molecule is C=CC(=O)Oc1ccccc1/C(=C(\c1ccccc1)C1CC1)c1ccc2[nH]ncc2c1F. The number of carbonyl (C=O) groups is 1. The minimum atomic E-state index is -0.560. The molecule has 1 fully saturated rings. The van der Waals surface area contributed by atoms with Crippen molar-refractivity contribution < 1.29 is 13.9 Å². The van der Waals surface area contributed by atoms with E-state index in [-0.39, 0.29) is 5.82 Å². The number of rotatable bonds is 6. The number of halogens is 1. The van der Waals surface area contributed by atoms with Gasteiger partial charge in [-0.15, -0.1) is 0 Å². The van der Waals surface area contributed by atoms with Crippen LogP contribution < -0.4 is 4.74 Å². The summed E-state index contributed by atoms with van der Waals surface area (Å²) < 4.78 is 21.4. The van der Waals surface area contributed by atoms with Gasteiger partial charge < -0.3 is 4.74 Å². The number of carbonyl (C=O) groups excluding carboxylic acids is 1. The summed E-state index contributed by atoms with van der Waals surface area (Å²) in [6.07, 6.45) is 4.67. The van der Waals surface area contributed by atoms with Crippen LogP contribution in [0.1, 0.15) is 29.5 Å². The fraction of sp³-hybridized carbons (Fsp3) is 0.111. The van der Waals surface area contributed by atoms with Gasteiger partial charge in [-0.25, -0.2) is 9.18 Å². The summed E-state index contributed by atoms with van der Waals surface area (Å²) in [6, 6.07) is 20.9. The molecule has 4 aromatic rings. The molecule has 0 bridgehead atoms. The molecule has 1 aliphatic carbocycles. The van der Waals surface area contributed by atoms with E-state index >= 15 is 4.39 Å². The highest BCUT2D eigenvalue weighted by atomic mass is 19.1. The lowest BCUT2D eigenvalue weighted by Gasteiger charge is -2.20. The Morgan fingerprint density at radius 3 is 2.53 bits per heavy atom. The van der Waals surface area contributed by atoms with Gasteiger partial charge in [0.25, 0.3) is 0 Å². The number of para-hydroxylation sites is 1. The van der Waals surface area contributed by atoms with Crippen LogP contribution in [0.25, 0.3) is 22.0 Å². The van der Waals surface area contributed by atoms with Crippen LogP contribution in [0, 0.1) is 11.7 Å². The van der Waals surface area contributed by atoms with Crippen molar-refractivity contribution in [3.63, 3.8) is 0 Å². The minimum absolute atomic E-state index is 0.301. The summed E-state index contributed by atoms with van der Waals surface area (Å²) in [6.45, 7) is 3.50. The molecule has 0 radical (unpaired) electrons.